The minimum absolute atomic E-state index is 0.676. The smallest absolute Gasteiger partial charge is 0.0401 e. The van der Waals surface area contributed by atoms with Crippen molar-refractivity contribution < 1.29 is 0 Å². The molecule has 0 aliphatic heterocycles. The van der Waals surface area contributed by atoms with Crippen LogP contribution < -0.4 is 5.32 Å². The van der Waals surface area contributed by atoms with E-state index in [9.17, 15) is 0 Å². The van der Waals surface area contributed by atoms with E-state index in [4.69, 9.17) is 0 Å². The van der Waals surface area contributed by atoms with Crippen molar-refractivity contribution in [2.75, 3.05) is 5.32 Å². The van der Waals surface area contributed by atoms with Crippen molar-refractivity contribution in [2.45, 2.75) is 65.8 Å². The highest BCUT2D eigenvalue weighted by molar-refractivity contribution is 5.58. The van der Waals surface area contributed by atoms with Gasteiger partial charge >= 0.3 is 0 Å². The van der Waals surface area contributed by atoms with Crippen LogP contribution >= 0.6 is 0 Å². The summed E-state index contributed by atoms with van der Waals surface area (Å²) < 4.78 is 0. The van der Waals surface area contributed by atoms with Gasteiger partial charge < -0.3 is 5.32 Å². The minimum atomic E-state index is 0.676. The molecule has 0 aromatic heterocycles. The molecule has 0 radical (unpaired) electrons. The molecule has 0 spiro atoms. The molecule has 2 rings (SSSR count). The summed E-state index contributed by atoms with van der Waals surface area (Å²) in [6.07, 6.45) is 6.82. The van der Waals surface area contributed by atoms with Gasteiger partial charge in [0.15, 0.2) is 0 Å². The average molecular weight is 245 g/mol. The first-order valence-electron chi connectivity index (χ1n) is 7.40. The van der Waals surface area contributed by atoms with Crippen LogP contribution in [0.25, 0.3) is 0 Å². The molecule has 1 aliphatic rings. The zero-order chi connectivity index (χ0) is 13.1. The van der Waals surface area contributed by atoms with E-state index >= 15 is 0 Å². The van der Waals surface area contributed by atoms with Gasteiger partial charge in [0.1, 0.15) is 0 Å². The Morgan fingerprint density at radius 2 is 1.61 bits per heavy atom. The predicted molar refractivity (Wildman–Crippen MR) is 80.3 cm³/mol. The van der Waals surface area contributed by atoms with Crippen molar-refractivity contribution >= 4 is 5.69 Å². The lowest BCUT2D eigenvalue weighted by molar-refractivity contribution is 0.502. The lowest BCUT2D eigenvalue weighted by Gasteiger charge is -2.21. The van der Waals surface area contributed by atoms with Crippen LogP contribution in [0.3, 0.4) is 0 Å². The van der Waals surface area contributed by atoms with Crippen LogP contribution in [-0.4, -0.2) is 6.04 Å². The molecule has 0 amide bonds. The third-order valence-corrected chi connectivity index (χ3v) is 4.28. The maximum absolute atomic E-state index is 3.81. The molecule has 0 heterocycles. The molecule has 1 saturated carbocycles. The lowest BCUT2D eigenvalue weighted by atomic mass is 10.0. The number of rotatable bonds is 2. The molecular weight excluding hydrogens is 218 g/mol. The summed E-state index contributed by atoms with van der Waals surface area (Å²) in [6, 6.07) is 5.25. The summed E-state index contributed by atoms with van der Waals surface area (Å²) >= 11 is 0. The van der Waals surface area contributed by atoms with Crippen LogP contribution in [0.2, 0.25) is 0 Å². The number of hydrogen-bond donors (Lipinski definition) is 1. The van der Waals surface area contributed by atoms with Gasteiger partial charge in [-0.25, -0.2) is 0 Å². The largest absolute Gasteiger partial charge is 0.382 e. The monoisotopic (exact) mass is 245 g/mol. The molecule has 0 saturated heterocycles. The Labute approximate surface area is 112 Å². The zero-order valence-electron chi connectivity index (χ0n) is 12.3. The Morgan fingerprint density at radius 1 is 0.944 bits per heavy atom. The predicted octanol–water partition coefficient (Wildman–Crippen LogP) is 4.99. The normalized spacial score (nSPS) is 24.7. The summed E-state index contributed by atoms with van der Waals surface area (Å²) in [5, 5.41) is 3.81. The van der Waals surface area contributed by atoms with Gasteiger partial charge in [0.2, 0.25) is 0 Å². The lowest BCUT2D eigenvalue weighted by Crippen LogP contribution is -2.19. The molecule has 1 heteroatoms. The molecule has 1 N–H and O–H groups in total. The Bertz CT molecular complexity index is 385. The van der Waals surface area contributed by atoms with Crippen molar-refractivity contribution in [3.05, 3.63) is 28.8 Å². The first kappa shape index (κ1) is 13.5. The molecule has 1 aromatic rings. The molecule has 18 heavy (non-hydrogen) atoms. The number of nitrogens with one attached hydrogen (secondary N) is 1. The molecule has 2 unspecified atom stereocenters. The van der Waals surface area contributed by atoms with E-state index < -0.39 is 0 Å². The van der Waals surface area contributed by atoms with E-state index in [1.54, 1.807) is 0 Å². The second-order valence-corrected chi connectivity index (χ2v) is 6.23. The van der Waals surface area contributed by atoms with Gasteiger partial charge in [-0.05, 0) is 57.1 Å². The van der Waals surface area contributed by atoms with Crippen molar-refractivity contribution in [3.8, 4) is 0 Å². The van der Waals surface area contributed by atoms with Gasteiger partial charge in [0, 0.05) is 11.7 Å². The van der Waals surface area contributed by atoms with Crippen molar-refractivity contribution in [3.63, 3.8) is 0 Å². The molecule has 0 bridgehead atoms. The van der Waals surface area contributed by atoms with Gasteiger partial charge in [-0.3, -0.25) is 0 Å². The first-order chi connectivity index (χ1) is 8.56. The second kappa shape index (κ2) is 5.77. The van der Waals surface area contributed by atoms with E-state index in [0.29, 0.717) is 6.04 Å². The maximum Gasteiger partial charge on any atom is 0.0401 e. The summed E-state index contributed by atoms with van der Waals surface area (Å²) in [4.78, 5) is 0. The summed E-state index contributed by atoms with van der Waals surface area (Å²) in [5.41, 5.74) is 5.53. The number of aryl methyl sites for hydroxylation is 3. The Morgan fingerprint density at radius 3 is 2.28 bits per heavy atom. The molecule has 1 nitrogen and oxygen atoms in total. The number of hydrogen-bond acceptors (Lipinski definition) is 1. The molecule has 100 valence electrons. The van der Waals surface area contributed by atoms with E-state index in [1.165, 1.54) is 54.5 Å². The Balaban J connectivity index is 2.09. The quantitative estimate of drug-likeness (QED) is 0.724. The molecule has 1 aliphatic carbocycles. The fourth-order valence-electron chi connectivity index (χ4n) is 3.24. The van der Waals surface area contributed by atoms with E-state index in [0.717, 1.165) is 5.92 Å². The molecule has 2 atom stereocenters. The summed E-state index contributed by atoms with van der Waals surface area (Å²) in [7, 11) is 0. The first-order valence-corrected chi connectivity index (χ1v) is 7.40. The topological polar surface area (TPSA) is 12.0 Å². The standard InChI is InChI=1S/C17H27N/c1-12-6-5-7-16(9-8-12)18-17-14(3)10-13(2)11-15(17)4/h10-12,16,18H,5-9H2,1-4H3. The summed E-state index contributed by atoms with van der Waals surface area (Å²) in [6.45, 7) is 9.02. The van der Waals surface area contributed by atoms with Crippen LogP contribution in [0, 0.1) is 26.7 Å². The number of benzene rings is 1. The van der Waals surface area contributed by atoms with Gasteiger partial charge in [0.05, 0.1) is 0 Å². The van der Waals surface area contributed by atoms with E-state index in [-0.39, 0.29) is 0 Å². The van der Waals surface area contributed by atoms with Crippen LogP contribution in [0.5, 0.6) is 0 Å². The summed E-state index contributed by atoms with van der Waals surface area (Å²) in [5.74, 6) is 0.914. The Kier molecular flexibility index (Phi) is 4.31. The highest BCUT2D eigenvalue weighted by Gasteiger charge is 2.17. The van der Waals surface area contributed by atoms with E-state index in [2.05, 4.69) is 45.1 Å². The van der Waals surface area contributed by atoms with Crippen molar-refractivity contribution in [1.29, 1.82) is 0 Å². The van der Waals surface area contributed by atoms with Crippen LogP contribution in [0.4, 0.5) is 5.69 Å². The highest BCUT2D eigenvalue weighted by Crippen LogP contribution is 2.28. The molecule has 1 aromatic carbocycles. The SMILES string of the molecule is Cc1cc(C)c(NC2CCCC(C)CC2)c(C)c1. The molecular formula is C17H27N. The van der Waals surface area contributed by atoms with Gasteiger partial charge in [-0.1, -0.05) is 37.5 Å². The number of anilines is 1. The van der Waals surface area contributed by atoms with Crippen LogP contribution in [0.15, 0.2) is 12.1 Å². The maximum atomic E-state index is 3.81. The van der Waals surface area contributed by atoms with Crippen molar-refractivity contribution in [2.24, 2.45) is 5.92 Å². The average Bonchev–Trinajstić information content (AvgIpc) is 2.48. The highest BCUT2D eigenvalue weighted by atomic mass is 14.9. The van der Waals surface area contributed by atoms with Gasteiger partial charge in [-0.15, -0.1) is 0 Å². The zero-order valence-corrected chi connectivity index (χ0v) is 12.3. The Hall–Kier alpha value is -0.980. The van der Waals surface area contributed by atoms with Crippen LogP contribution in [0.1, 0.15) is 55.7 Å². The fourth-order valence-corrected chi connectivity index (χ4v) is 3.24. The van der Waals surface area contributed by atoms with Gasteiger partial charge in [0.25, 0.3) is 0 Å². The van der Waals surface area contributed by atoms with E-state index in [1.807, 2.05) is 0 Å². The fraction of sp³-hybridized carbons (Fsp3) is 0.647. The van der Waals surface area contributed by atoms with Crippen LogP contribution in [-0.2, 0) is 0 Å². The third kappa shape index (κ3) is 3.28. The van der Waals surface area contributed by atoms with Crippen molar-refractivity contribution in [1.82, 2.24) is 0 Å². The van der Waals surface area contributed by atoms with Gasteiger partial charge in [-0.2, -0.15) is 0 Å². The molecule has 1 fully saturated rings. The minimum Gasteiger partial charge on any atom is -0.382 e. The second-order valence-electron chi connectivity index (χ2n) is 6.23. The third-order valence-electron chi connectivity index (χ3n) is 4.28.